The van der Waals surface area contributed by atoms with Crippen molar-refractivity contribution < 1.29 is 4.79 Å². The van der Waals surface area contributed by atoms with E-state index in [1.54, 1.807) is 0 Å². The van der Waals surface area contributed by atoms with Crippen molar-refractivity contribution in [2.24, 2.45) is 7.05 Å². The number of aromatic nitrogens is 3. The van der Waals surface area contributed by atoms with Gasteiger partial charge in [0.2, 0.25) is 5.91 Å². The van der Waals surface area contributed by atoms with Crippen molar-refractivity contribution in [1.82, 2.24) is 14.8 Å². The molecule has 1 N–H and O–H groups in total. The van der Waals surface area contributed by atoms with Crippen LogP contribution in [0.1, 0.15) is 52.7 Å². The third-order valence-corrected chi connectivity index (χ3v) is 6.21. The summed E-state index contributed by atoms with van der Waals surface area (Å²) < 4.78 is 1.94. The number of nitrogens with one attached hydrogen (secondary N) is 1. The summed E-state index contributed by atoms with van der Waals surface area (Å²) in [5, 5.41) is 12.4. The van der Waals surface area contributed by atoms with Gasteiger partial charge in [0.25, 0.3) is 0 Å². The molecule has 31 heavy (non-hydrogen) atoms. The minimum Gasteiger partial charge on any atom is -0.325 e. The predicted molar refractivity (Wildman–Crippen MR) is 130 cm³/mol. The number of rotatable bonds is 5. The molecule has 0 unspecified atom stereocenters. The van der Waals surface area contributed by atoms with Gasteiger partial charge in [0, 0.05) is 18.3 Å². The van der Waals surface area contributed by atoms with Gasteiger partial charge in [0.1, 0.15) is 0 Å². The number of carbonyl (C=O) groups excluding carboxylic acids is 1. The smallest absolute Gasteiger partial charge is 0.234 e. The van der Waals surface area contributed by atoms with E-state index >= 15 is 0 Å². The summed E-state index contributed by atoms with van der Waals surface area (Å²) in [7, 11) is 1.93. The van der Waals surface area contributed by atoms with Gasteiger partial charge in [-0.3, -0.25) is 4.79 Å². The maximum atomic E-state index is 12.6. The van der Waals surface area contributed by atoms with Gasteiger partial charge in [0.05, 0.1) is 5.75 Å². The molecule has 5 nitrogen and oxygen atoms in total. The van der Waals surface area contributed by atoms with Gasteiger partial charge in [0.15, 0.2) is 11.0 Å². The number of para-hydroxylation sites is 1. The molecule has 0 spiro atoms. The zero-order valence-electron chi connectivity index (χ0n) is 19.5. The molecule has 0 atom stereocenters. The van der Waals surface area contributed by atoms with Crippen LogP contribution >= 0.6 is 11.8 Å². The van der Waals surface area contributed by atoms with Crippen LogP contribution in [-0.2, 0) is 22.7 Å². The molecular formula is C25H32N4OS. The number of anilines is 1. The van der Waals surface area contributed by atoms with E-state index in [4.69, 9.17) is 0 Å². The van der Waals surface area contributed by atoms with Crippen LogP contribution in [0.15, 0.2) is 53.7 Å². The summed E-state index contributed by atoms with van der Waals surface area (Å²) in [6, 6.07) is 16.4. The first-order valence-corrected chi connectivity index (χ1v) is 11.5. The van der Waals surface area contributed by atoms with Crippen LogP contribution in [0.25, 0.3) is 11.4 Å². The second-order valence-corrected chi connectivity index (χ2v) is 10.8. The number of thioether (sulfide) groups is 1. The Kier molecular flexibility index (Phi) is 6.60. The van der Waals surface area contributed by atoms with E-state index in [0.717, 1.165) is 22.6 Å². The second-order valence-electron chi connectivity index (χ2n) is 9.82. The number of benzene rings is 2. The molecule has 3 rings (SSSR count). The van der Waals surface area contributed by atoms with E-state index < -0.39 is 0 Å². The largest absolute Gasteiger partial charge is 0.325 e. The Morgan fingerprint density at radius 3 is 2.19 bits per heavy atom. The highest BCUT2D eigenvalue weighted by Crippen LogP contribution is 2.30. The Hall–Kier alpha value is -2.60. The van der Waals surface area contributed by atoms with Crippen molar-refractivity contribution >= 4 is 23.4 Å². The SMILES string of the molecule is Cn1c(SCC(=O)Nc2ccccc2C(C)(C)C)nnc1-c1ccc(C(C)(C)C)cc1. The van der Waals surface area contributed by atoms with Gasteiger partial charge < -0.3 is 9.88 Å². The lowest BCUT2D eigenvalue weighted by atomic mass is 9.86. The lowest BCUT2D eigenvalue weighted by molar-refractivity contribution is -0.113. The number of carbonyl (C=O) groups is 1. The number of amides is 1. The van der Waals surface area contributed by atoms with Crippen LogP contribution < -0.4 is 5.32 Å². The van der Waals surface area contributed by atoms with Crippen LogP contribution in [-0.4, -0.2) is 26.4 Å². The molecule has 1 amide bonds. The van der Waals surface area contributed by atoms with Crippen molar-refractivity contribution in [2.75, 3.05) is 11.1 Å². The molecule has 0 aliphatic rings. The number of hydrogen-bond acceptors (Lipinski definition) is 4. The molecule has 1 heterocycles. The van der Waals surface area contributed by atoms with Gasteiger partial charge in [-0.15, -0.1) is 10.2 Å². The third-order valence-electron chi connectivity index (χ3n) is 5.19. The molecule has 0 radical (unpaired) electrons. The molecule has 2 aromatic carbocycles. The molecule has 0 saturated heterocycles. The van der Waals surface area contributed by atoms with Crippen LogP contribution in [0.2, 0.25) is 0 Å². The molecule has 0 fully saturated rings. The van der Waals surface area contributed by atoms with E-state index in [9.17, 15) is 4.79 Å². The molecular weight excluding hydrogens is 404 g/mol. The molecule has 0 saturated carbocycles. The summed E-state index contributed by atoms with van der Waals surface area (Å²) in [6.07, 6.45) is 0. The van der Waals surface area contributed by atoms with E-state index in [-0.39, 0.29) is 22.5 Å². The Morgan fingerprint density at radius 1 is 0.935 bits per heavy atom. The minimum absolute atomic E-state index is 0.0436. The zero-order chi connectivity index (χ0) is 22.8. The Morgan fingerprint density at radius 2 is 1.58 bits per heavy atom. The van der Waals surface area contributed by atoms with E-state index in [2.05, 4.69) is 87.4 Å². The Labute approximate surface area is 189 Å². The van der Waals surface area contributed by atoms with Gasteiger partial charge in [-0.05, 0) is 28.0 Å². The summed E-state index contributed by atoms with van der Waals surface area (Å²) in [5.74, 6) is 1.01. The highest BCUT2D eigenvalue weighted by Gasteiger charge is 2.19. The quantitative estimate of drug-likeness (QED) is 0.513. The van der Waals surface area contributed by atoms with Crippen molar-refractivity contribution in [2.45, 2.75) is 57.5 Å². The lowest BCUT2D eigenvalue weighted by Crippen LogP contribution is -2.20. The topological polar surface area (TPSA) is 59.8 Å². The zero-order valence-corrected chi connectivity index (χ0v) is 20.3. The fourth-order valence-electron chi connectivity index (χ4n) is 3.37. The van der Waals surface area contributed by atoms with Crippen molar-refractivity contribution in [3.63, 3.8) is 0 Å². The van der Waals surface area contributed by atoms with E-state index in [1.807, 2.05) is 29.8 Å². The monoisotopic (exact) mass is 436 g/mol. The van der Waals surface area contributed by atoms with Crippen molar-refractivity contribution in [3.8, 4) is 11.4 Å². The molecule has 0 aliphatic heterocycles. The van der Waals surface area contributed by atoms with Crippen LogP contribution in [0.5, 0.6) is 0 Å². The summed E-state index contributed by atoms with van der Waals surface area (Å²) >= 11 is 1.39. The molecule has 0 bridgehead atoms. The fourth-order valence-corrected chi connectivity index (χ4v) is 4.08. The van der Waals surface area contributed by atoms with Crippen LogP contribution in [0.4, 0.5) is 5.69 Å². The van der Waals surface area contributed by atoms with E-state index in [0.29, 0.717) is 5.16 Å². The summed E-state index contributed by atoms with van der Waals surface area (Å²) in [4.78, 5) is 12.6. The maximum Gasteiger partial charge on any atom is 0.234 e. The average Bonchev–Trinajstić information content (AvgIpc) is 3.06. The fraction of sp³-hybridized carbons (Fsp3) is 0.400. The second kappa shape index (κ2) is 8.87. The Balaban J connectivity index is 1.68. The third kappa shape index (κ3) is 5.56. The highest BCUT2D eigenvalue weighted by molar-refractivity contribution is 7.99. The van der Waals surface area contributed by atoms with Gasteiger partial charge in [-0.1, -0.05) is 95.8 Å². The van der Waals surface area contributed by atoms with Crippen LogP contribution in [0, 0.1) is 0 Å². The average molecular weight is 437 g/mol. The normalized spacial score (nSPS) is 12.1. The first-order valence-electron chi connectivity index (χ1n) is 10.5. The number of hydrogen-bond donors (Lipinski definition) is 1. The van der Waals surface area contributed by atoms with Crippen molar-refractivity contribution in [1.29, 1.82) is 0 Å². The van der Waals surface area contributed by atoms with E-state index in [1.165, 1.54) is 17.3 Å². The molecule has 3 aromatic rings. The number of nitrogens with zero attached hydrogens (tertiary/aromatic N) is 3. The predicted octanol–water partition coefficient (Wildman–Crippen LogP) is 5.81. The summed E-state index contributed by atoms with van der Waals surface area (Å²) in [5.41, 5.74) is 4.33. The van der Waals surface area contributed by atoms with Gasteiger partial charge in [-0.2, -0.15) is 0 Å². The molecule has 0 aliphatic carbocycles. The highest BCUT2D eigenvalue weighted by atomic mass is 32.2. The summed E-state index contributed by atoms with van der Waals surface area (Å²) in [6.45, 7) is 13.0. The van der Waals surface area contributed by atoms with Crippen LogP contribution in [0.3, 0.4) is 0 Å². The standard InChI is InChI=1S/C25H32N4OS/c1-24(2,3)18-14-12-17(13-15-18)22-27-28-23(29(22)7)31-16-21(30)26-20-11-9-8-10-19(20)25(4,5)6/h8-15H,16H2,1-7H3,(H,26,30). The Bertz CT molecular complexity index is 1060. The first kappa shape index (κ1) is 23.1. The van der Waals surface area contributed by atoms with Gasteiger partial charge >= 0.3 is 0 Å². The molecule has 6 heteroatoms. The lowest BCUT2D eigenvalue weighted by Gasteiger charge is -2.22. The minimum atomic E-state index is -0.0548. The van der Waals surface area contributed by atoms with Gasteiger partial charge in [-0.25, -0.2) is 0 Å². The van der Waals surface area contributed by atoms with Crippen molar-refractivity contribution in [3.05, 3.63) is 59.7 Å². The molecule has 1 aromatic heterocycles. The molecule has 164 valence electrons. The first-order chi connectivity index (χ1) is 14.5. The maximum absolute atomic E-state index is 12.6.